The standard InChI is InChI=1S/C14H19N3O2S.C9H13N5O/c1-17-11-9-15-13(16-10-2-5-19-6-3-10)8-12(11)20-7-4-14(17)18;10-8(9(11)15)13-14(12)6-7-4-2-1-3-5-7/h8-10H,2-7H2,1H3,(H,15,16);1-5H,6,12H2,(H2,10,13)(H2,11,15). The number of thioether (sulfide) groups is 1. The summed E-state index contributed by atoms with van der Waals surface area (Å²) in [7, 11) is 1.82. The van der Waals surface area contributed by atoms with E-state index < -0.39 is 5.91 Å². The molecule has 0 aliphatic carbocycles. The van der Waals surface area contributed by atoms with E-state index in [0.29, 0.717) is 19.0 Å². The van der Waals surface area contributed by atoms with E-state index in [2.05, 4.69) is 21.5 Å². The number of carbonyl (C=O) groups is 2. The van der Waals surface area contributed by atoms with Crippen LogP contribution >= 0.6 is 11.8 Å². The fourth-order valence-electron chi connectivity index (χ4n) is 3.47. The number of amidine groups is 1. The molecule has 2 aliphatic rings. The topological polar surface area (TPSA) is 165 Å². The highest BCUT2D eigenvalue weighted by atomic mass is 32.2. The predicted octanol–water partition coefficient (Wildman–Crippen LogP) is 1.25. The van der Waals surface area contributed by atoms with Crippen molar-refractivity contribution in [2.75, 3.05) is 36.2 Å². The van der Waals surface area contributed by atoms with Crippen LogP contribution in [0.2, 0.25) is 0 Å². The fourth-order valence-corrected chi connectivity index (χ4v) is 4.50. The van der Waals surface area contributed by atoms with Gasteiger partial charge in [0.25, 0.3) is 5.91 Å². The van der Waals surface area contributed by atoms with Crippen molar-refractivity contribution in [1.82, 2.24) is 10.1 Å². The van der Waals surface area contributed by atoms with Crippen molar-refractivity contribution in [3.05, 3.63) is 48.2 Å². The van der Waals surface area contributed by atoms with Crippen LogP contribution in [0.1, 0.15) is 24.8 Å². The van der Waals surface area contributed by atoms with Gasteiger partial charge in [-0.05, 0) is 24.5 Å². The Balaban J connectivity index is 0.000000205. The number of rotatable bonds is 5. The molecule has 2 aromatic rings. The summed E-state index contributed by atoms with van der Waals surface area (Å²) < 4.78 is 5.36. The zero-order valence-electron chi connectivity index (χ0n) is 19.7. The lowest BCUT2D eigenvalue weighted by molar-refractivity contribution is -0.118. The van der Waals surface area contributed by atoms with Crippen LogP contribution in [-0.4, -0.2) is 59.8 Å². The molecule has 0 spiro atoms. The summed E-state index contributed by atoms with van der Waals surface area (Å²) in [5.74, 6) is 6.28. The van der Waals surface area contributed by atoms with E-state index >= 15 is 0 Å². The number of hydrazone groups is 1. The van der Waals surface area contributed by atoms with Gasteiger partial charge in [0.15, 0.2) is 0 Å². The fraction of sp³-hybridized carbons (Fsp3) is 0.391. The molecule has 1 aromatic carbocycles. The van der Waals surface area contributed by atoms with Crippen molar-refractivity contribution in [3.63, 3.8) is 0 Å². The number of amides is 2. The maximum atomic E-state index is 11.8. The molecular formula is C23H32N8O3S. The van der Waals surface area contributed by atoms with E-state index in [9.17, 15) is 9.59 Å². The number of nitrogens with zero attached hydrogens (tertiary/aromatic N) is 4. The summed E-state index contributed by atoms with van der Waals surface area (Å²) >= 11 is 1.73. The van der Waals surface area contributed by atoms with Crippen molar-refractivity contribution < 1.29 is 14.3 Å². The summed E-state index contributed by atoms with van der Waals surface area (Å²) in [5, 5.41) is 8.14. The van der Waals surface area contributed by atoms with Gasteiger partial charge in [0, 0.05) is 43.4 Å². The van der Waals surface area contributed by atoms with Crippen LogP contribution in [0.4, 0.5) is 11.5 Å². The Morgan fingerprint density at radius 1 is 1.29 bits per heavy atom. The first-order valence-corrected chi connectivity index (χ1v) is 12.3. The van der Waals surface area contributed by atoms with Gasteiger partial charge in [-0.2, -0.15) is 0 Å². The van der Waals surface area contributed by atoms with Gasteiger partial charge in [-0.1, -0.05) is 30.3 Å². The zero-order chi connectivity index (χ0) is 25.2. The average Bonchev–Trinajstić information content (AvgIpc) is 2.98. The molecule has 2 aliphatic heterocycles. The molecule has 35 heavy (non-hydrogen) atoms. The Labute approximate surface area is 209 Å². The van der Waals surface area contributed by atoms with Gasteiger partial charge < -0.3 is 26.4 Å². The Morgan fingerprint density at radius 3 is 2.69 bits per heavy atom. The van der Waals surface area contributed by atoms with Crippen LogP contribution in [-0.2, 0) is 20.9 Å². The lowest BCUT2D eigenvalue weighted by Crippen LogP contribution is -2.36. The highest BCUT2D eigenvalue weighted by molar-refractivity contribution is 7.99. The third-order valence-electron chi connectivity index (χ3n) is 5.40. The van der Waals surface area contributed by atoms with E-state index in [4.69, 9.17) is 22.0 Å². The molecule has 0 saturated carbocycles. The number of primary amides is 1. The number of fused-ring (bicyclic) bond motifs is 1. The lowest BCUT2D eigenvalue weighted by Gasteiger charge is -2.24. The van der Waals surface area contributed by atoms with E-state index in [1.165, 1.54) is 0 Å². The largest absolute Gasteiger partial charge is 0.381 e. The second-order valence-corrected chi connectivity index (χ2v) is 9.19. The minimum atomic E-state index is -0.793. The zero-order valence-corrected chi connectivity index (χ0v) is 20.5. The number of hydrazine groups is 1. The Morgan fingerprint density at radius 2 is 2.00 bits per heavy atom. The van der Waals surface area contributed by atoms with E-state index in [1.54, 1.807) is 22.9 Å². The minimum Gasteiger partial charge on any atom is -0.381 e. The normalized spacial score (nSPS) is 16.5. The van der Waals surface area contributed by atoms with Crippen LogP contribution in [0.5, 0.6) is 0 Å². The summed E-state index contributed by atoms with van der Waals surface area (Å²) in [6.07, 6.45) is 4.42. The van der Waals surface area contributed by atoms with Crippen LogP contribution in [0.15, 0.2) is 52.6 Å². The van der Waals surface area contributed by atoms with E-state index in [-0.39, 0.29) is 11.7 Å². The molecule has 12 heteroatoms. The Kier molecular flexibility index (Phi) is 9.70. The quantitative estimate of drug-likeness (QED) is 0.205. The Hall–Kier alpha value is -3.35. The maximum Gasteiger partial charge on any atom is 0.285 e. The number of hydrogen-bond acceptors (Lipinski definition) is 9. The first kappa shape index (κ1) is 26.3. The molecular weight excluding hydrogens is 468 g/mol. The van der Waals surface area contributed by atoms with Gasteiger partial charge in [-0.15, -0.1) is 16.9 Å². The molecule has 1 fully saturated rings. The van der Waals surface area contributed by atoms with Crippen molar-refractivity contribution in [3.8, 4) is 0 Å². The number of benzene rings is 1. The molecule has 0 unspecified atom stereocenters. The van der Waals surface area contributed by atoms with Crippen LogP contribution in [0, 0.1) is 0 Å². The van der Waals surface area contributed by atoms with Crippen LogP contribution < -0.4 is 27.5 Å². The van der Waals surface area contributed by atoms with Gasteiger partial charge >= 0.3 is 0 Å². The molecule has 4 rings (SSSR count). The molecule has 0 bridgehead atoms. The van der Waals surface area contributed by atoms with Gasteiger partial charge in [0.1, 0.15) is 5.82 Å². The number of nitrogens with two attached hydrogens (primary N) is 3. The second-order valence-electron chi connectivity index (χ2n) is 8.05. The van der Waals surface area contributed by atoms with Crippen LogP contribution in [0.25, 0.3) is 0 Å². The number of hydrogen-bond donors (Lipinski definition) is 4. The summed E-state index contributed by atoms with van der Waals surface area (Å²) in [6.45, 7) is 1.98. The minimum absolute atomic E-state index is 0.156. The first-order valence-electron chi connectivity index (χ1n) is 11.3. The van der Waals surface area contributed by atoms with Crippen molar-refractivity contribution >= 4 is 40.9 Å². The smallest absolute Gasteiger partial charge is 0.285 e. The molecule has 11 nitrogen and oxygen atoms in total. The van der Waals surface area contributed by atoms with Gasteiger partial charge in [-0.25, -0.2) is 15.9 Å². The SMILES string of the molecule is CN1C(=O)CCSc2cc(NC3CCOCC3)ncc21.NC(=O)/C(N)=N/N(N)Cc1ccccc1. The highest BCUT2D eigenvalue weighted by Crippen LogP contribution is 2.34. The molecule has 0 radical (unpaired) electrons. The summed E-state index contributed by atoms with van der Waals surface area (Å²) in [5.41, 5.74) is 12.0. The number of nitrogens with one attached hydrogen (secondary N) is 1. The van der Waals surface area contributed by atoms with Crippen molar-refractivity contribution in [2.24, 2.45) is 22.4 Å². The predicted molar refractivity (Wildman–Crippen MR) is 137 cm³/mol. The summed E-state index contributed by atoms with van der Waals surface area (Å²) in [4.78, 5) is 29.7. The molecule has 188 valence electrons. The molecule has 1 aromatic heterocycles. The van der Waals surface area contributed by atoms with Crippen LogP contribution in [0.3, 0.4) is 0 Å². The van der Waals surface area contributed by atoms with E-state index in [1.807, 2.05) is 37.4 Å². The third-order valence-corrected chi connectivity index (χ3v) is 6.45. The van der Waals surface area contributed by atoms with Gasteiger partial charge in [0.2, 0.25) is 11.7 Å². The van der Waals surface area contributed by atoms with Crippen molar-refractivity contribution in [1.29, 1.82) is 0 Å². The van der Waals surface area contributed by atoms with Crippen molar-refractivity contribution in [2.45, 2.75) is 36.7 Å². The molecule has 7 N–H and O–H groups in total. The second kappa shape index (κ2) is 12.9. The molecule has 0 atom stereocenters. The number of pyridine rings is 1. The average molecular weight is 501 g/mol. The number of anilines is 2. The number of carbonyl (C=O) groups excluding carboxylic acids is 2. The highest BCUT2D eigenvalue weighted by Gasteiger charge is 2.21. The number of ether oxygens (including phenoxy) is 1. The molecule has 3 heterocycles. The lowest BCUT2D eigenvalue weighted by atomic mass is 10.1. The monoisotopic (exact) mass is 500 g/mol. The van der Waals surface area contributed by atoms with Gasteiger partial charge in [-0.3, -0.25) is 9.59 Å². The molecule has 2 amide bonds. The van der Waals surface area contributed by atoms with Gasteiger partial charge in [0.05, 0.1) is 18.4 Å². The Bertz CT molecular complexity index is 1030. The summed E-state index contributed by atoms with van der Waals surface area (Å²) in [6, 6.07) is 11.9. The molecule has 1 saturated heterocycles. The maximum absolute atomic E-state index is 11.8. The number of aromatic nitrogens is 1. The third kappa shape index (κ3) is 8.12. The first-order chi connectivity index (χ1) is 16.8. The van der Waals surface area contributed by atoms with E-state index in [0.717, 1.165) is 58.9 Å².